The van der Waals surface area contributed by atoms with Crippen LogP contribution in [0.15, 0.2) is 54.6 Å². The van der Waals surface area contributed by atoms with E-state index in [0.29, 0.717) is 25.6 Å². The SMILES string of the molecule is Cc1ccc(Oc2c(CN(CC(O)COC(C)C)C(C)C)c(C)nn2-c2ccccc2)cc1. The largest absolute Gasteiger partial charge is 0.439 e. The fraction of sp³-hybridized carbons (Fsp3) is 0.444. The summed E-state index contributed by atoms with van der Waals surface area (Å²) in [6.07, 6.45) is -0.478. The first-order valence-corrected chi connectivity index (χ1v) is 11.7. The number of hydrogen-bond donors (Lipinski definition) is 1. The average Bonchev–Trinajstić information content (AvgIpc) is 3.09. The number of ether oxygens (including phenoxy) is 2. The number of aliphatic hydroxyl groups is 1. The number of nitrogens with zero attached hydrogens (tertiary/aromatic N) is 3. The third kappa shape index (κ3) is 6.90. The van der Waals surface area contributed by atoms with E-state index in [0.717, 1.165) is 22.7 Å². The van der Waals surface area contributed by atoms with Crippen LogP contribution < -0.4 is 4.74 Å². The molecule has 0 saturated carbocycles. The number of aromatic nitrogens is 2. The topological polar surface area (TPSA) is 59.8 Å². The van der Waals surface area contributed by atoms with Gasteiger partial charge in [-0.15, -0.1) is 0 Å². The van der Waals surface area contributed by atoms with E-state index in [4.69, 9.17) is 14.6 Å². The smallest absolute Gasteiger partial charge is 0.227 e. The van der Waals surface area contributed by atoms with Crippen LogP contribution in [-0.4, -0.2) is 51.2 Å². The van der Waals surface area contributed by atoms with Gasteiger partial charge >= 0.3 is 0 Å². The summed E-state index contributed by atoms with van der Waals surface area (Å²) >= 11 is 0. The van der Waals surface area contributed by atoms with Crippen molar-refractivity contribution in [1.29, 1.82) is 0 Å². The number of hydrogen-bond acceptors (Lipinski definition) is 5. The van der Waals surface area contributed by atoms with Gasteiger partial charge in [-0.1, -0.05) is 35.9 Å². The number of benzene rings is 2. The Morgan fingerprint density at radius 2 is 1.64 bits per heavy atom. The van der Waals surface area contributed by atoms with Crippen LogP contribution in [0.25, 0.3) is 5.69 Å². The van der Waals surface area contributed by atoms with E-state index in [1.807, 2.05) is 80.1 Å². The number of para-hydroxylation sites is 1. The normalized spacial score (nSPS) is 12.7. The molecule has 1 heterocycles. The van der Waals surface area contributed by atoms with Crippen LogP contribution in [0.1, 0.15) is 44.5 Å². The van der Waals surface area contributed by atoms with Gasteiger partial charge in [0.15, 0.2) is 0 Å². The first-order valence-electron chi connectivity index (χ1n) is 11.7. The van der Waals surface area contributed by atoms with Gasteiger partial charge in [0.2, 0.25) is 5.88 Å². The van der Waals surface area contributed by atoms with Crippen molar-refractivity contribution >= 4 is 0 Å². The number of rotatable bonds is 11. The van der Waals surface area contributed by atoms with E-state index in [2.05, 4.69) is 25.7 Å². The molecule has 0 saturated heterocycles. The Bertz CT molecular complexity index is 997. The standard InChI is InChI=1S/C27H37N3O3/c1-19(2)29(16-24(31)18-32-20(3)4)17-26-22(6)28-30(23-10-8-7-9-11-23)27(26)33-25-14-12-21(5)13-15-25/h7-15,19-20,24,31H,16-18H2,1-6H3. The van der Waals surface area contributed by atoms with E-state index in [1.165, 1.54) is 5.56 Å². The zero-order valence-corrected chi connectivity index (χ0v) is 20.7. The zero-order chi connectivity index (χ0) is 24.0. The highest BCUT2D eigenvalue weighted by Gasteiger charge is 2.24. The van der Waals surface area contributed by atoms with Crippen molar-refractivity contribution in [3.05, 3.63) is 71.4 Å². The first kappa shape index (κ1) is 25.0. The highest BCUT2D eigenvalue weighted by Crippen LogP contribution is 2.32. The highest BCUT2D eigenvalue weighted by atomic mass is 16.5. The Morgan fingerprint density at radius 3 is 2.24 bits per heavy atom. The Hall–Kier alpha value is -2.67. The van der Waals surface area contributed by atoms with E-state index in [9.17, 15) is 5.11 Å². The van der Waals surface area contributed by atoms with E-state index < -0.39 is 6.10 Å². The molecule has 1 aromatic heterocycles. The summed E-state index contributed by atoms with van der Waals surface area (Å²) in [5.41, 5.74) is 4.03. The van der Waals surface area contributed by atoms with Crippen LogP contribution in [-0.2, 0) is 11.3 Å². The van der Waals surface area contributed by atoms with Gasteiger partial charge in [-0.2, -0.15) is 5.10 Å². The fourth-order valence-corrected chi connectivity index (χ4v) is 3.58. The van der Waals surface area contributed by atoms with Gasteiger partial charge in [-0.3, -0.25) is 4.90 Å². The molecule has 3 aromatic rings. The highest BCUT2D eigenvalue weighted by molar-refractivity contribution is 5.43. The van der Waals surface area contributed by atoms with E-state index in [-0.39, 0.29) is 12.1 Å². The van der Waals surface area contributed by atoms with E-state index >= 15 is 0 Å². The number of aliphatic hydroxyl groups excluding tert-OH is 1. The number of aryl methyl sites for hydroxylation is 2. The molecule has 0 aliphatic heterocycles. The van der Waals surface area contributed by atoms with Crippen molar-refractivity contribution in [2.45, 2.75) is 66.3 Å². The van der Waals surface area contributed by atoms with Crippen molar-refractivity contribution in [3.8, 4) is 17.3 Å². The maximum Gasteiger partial charge on any atom is 0.227 e. The second-order valence-corrected chi connectivity index (χ2v) is 9.09. The Labute approximate surface area is 197 Å². The molecule has 33 heavy (non-hydrogen) atoms. The minimum atomic E-state index is -0.569. The average molecular weight is 452 g/mol. The lowest BCUT2D eigenvalue weighted by atomic mass is 10.2. The molecule has 1 unspecified atom stereocenters. The molecule has 0 aliphatic rings. The zero-order valence-electron chi connectivity index (χ0n) is 20.7. The molecule has 0 aliphatic carbocycles. The molecule has 0 amide bonds. The van der Waals surface area contributed by atoms with E-state index in [1.54, 1.807) is 0 Å². The lowest BCUT2D eigenvalue weighted by Gasteiger charge is -2.29. The quantitative estimate of drug-likeness (QED) is 0.430. The molecule has 178 valence electrons. The summed E-state index contributed by atoms with van der Waals surface area (Å²) in [5, 5.41) is 15.4. The molecule has 0 bridgehead atoms. The van der Waals surface area contributed by atoms with Crippen LogP contribution in [0.2, 0.25) is 0 Å². The van der Waals surface area contributed by atoms with Gasteiger partial charge in [0, 0.05) is 19.1 Å². The predicted octanol–water partition coefficient (Wildman–Crippen LogP) is 5.28. The molecule has 6 heteroatoms. The van der Waals surface area contributed by atoms with Crippen LogP contribution in [0.3, 0.4) is 0 Å². The Kier molecular flexibility index (Phi) is 8.67. The lowest BCUT2D eigenvalue weighted by molar-refractivity contribution is -0.0137. The minimum Gasteiger partial charge on any atom is -0.439 e. The molecule has 2 aromatic carbocycles. The molecule has 1 atom stereocenters. The molecule has 3 rings (SSSR count). The maximum absolute atomic E-state index is 10.6. The van der Waals surface area contributed by atoms with Gasteiger partial charge in [0.25, 0.3) is 0 Å². The van der Waals surface area contributed by atoms with Gasteiger partial charge in [0.05, 0.1) is 35.8 Å². The summed E-state index contributed by atoms with van der Waals surface area (Å²) in [6, 6.07) is 18.3. The van der Waals surface area contributed by atoms with Crippen LogP contribution in [0.4, 0.5) is 0 Å². The van der Waals surface area contributed by atoms with Crippen molar-refractivity contribution in [2.24, 2.45) is 0 Å². The molecule has 0 radical (unpaired) electrons. The van der Waals surface area contributed by atoms with Crippen LogP contribution in [0.5, 0.6) is 11.6 Å². The third-order valence-electron chi connectivity index (χ3n) is 5.53. The predicted molar refractivity (Wildman–Crippen MR) is 132 cm³/mol. The molecular weight excluding hydrogens is 414 g/mol. The minimum absolute atomic E-state index is 0.0908. The second kappa shape index (κ2) is 11.5. The maximum atomic E-state index is 10.6. The Morgan fingerprint density at radius 1 is 0.970 bits per heavy atom. The van der Waals surface area contributed by atoms with Gasteiger partial charge in [0.1, 0.15) is 5.75 Å². The molecule has 6 nitrogen and oxygen atoms in total. The summed E-state index contributed by atoms with van der Waals surface area (Å²) in [4.78, 5) is 2.23. The van der Waals surface area contributed by atoms with Crippen molar-refractivity contribution in [2.75, 3.05) is 13.2 Å². The molecule has 1 N–H and O–H groups in total. The lowest BCUT2D eigenvalue weighted by Crippen LogP contribution is -2.39. The monoisotopic (exact) mass is 451 g/mol. The summed E-state index contributed by atoms with van der Waals surface area (Å²) in [7, 11) is 0. The molecule has 0 spiro atoms. The summed E-state index contributed by atoms with van der Waals surface area (Å²) < 4.78 is 13.9. The van der Waals surface area contributed by atoms with Crippen molar-refractivity contribution in [1.82, 2.24) is 14.7 Å². The molecule has 0 fully saturated rings. The second-order valence-electron chi connectivity index (χ2n) is 9.09. The third-order valence-corrected chi connectivity index (χ3v) is 5.53. The molecular formula is C27H37N3O3. The van der Waals surface area contributed by atoms with Gasteiger partial charge < -0.3 is 14.6 Å². The van der Waals surface area contributed by atoms with Crippen molar-refractivity contribution < 1.29 is 14.6 Å². The van der Waals surface area contributed by atoms with Gasteiger partial charge in [-0.05, 0) is 65.8 Å². The summed E-state index contributed by atoms with van der Waals surface area (Å²) in [6.45, 7) is 13.7. The van der Waals surface area contributed by atoms with Crippen LogP contribution in [0, 0.1) is 13.8 Å². The fourth-order valence-electron chi connectivity index (χ4n) is 3.58. The van der Waals surface area contributed by atoms with Crippen molar-refractivity contribution in [3.63, 3.8) is 0 Å². The van der Waals surface area contributed by atoms with Crippen LogP contribution >= 0.6 is 0 Å². The summed E-state index contributed by atoms with van der Waals surface area (Å²) in [5.74, 6) is 1.46. The first-order chi connectivity index (χ1) is 15.7. The van der Waals surface area contributed by atoms with Gasteiger partial charge in [-0.25, -0.2) is 4.68 Å². The Balaban J connectivity index is 1.93.